The number of aromatic hydroxyl groups is 1. The maximum absolute atomic E-state index is 8.89. The lowest BCUT2D eigenvalue weighted by molar-refractivity contribution is -0.140. The Morgan fingerprint density at radius 3 is 1.82 bits per heavy atom. The van der Waals surface area contributed by atoms with E-state index in [0.29, 0.717) is 5.75 Å². The summed E-state index contributed by atoms with van der Waals surface area (Å²) in [5.41, 5.74) is 0. The van der Waals surface area contributed by atoms with E-state index < -0.39 is 5.97 Å². The van der Waals surface area contributed by atoms with E-state index in [4.69, 9.17) is 15.0 Å². The van der Waals surface area contributed by atoms with Crippen molar-refractivity contribution in [2.24, 2.45) is 0 Å². The summed E-state index contributed by atoms with van der Waals surface area (Å²) in [4.78, 5) is 8.89. The summed E-state index contributed by atoms with van der Waals surface area (Å²) in [6.45, 7) is 0.972. The molecule has 0 saturated carbocycles. The van der Waals surface area contributed by atoms with Gasteiger partial charge < -0.3 is 5.11 Å². The highest BCUT2D eigenvalue weighted by Crippen LogP contribution is 2.02. The summed E-state index contributed by atoms with van der Waals surface area (Å²) in [5.74, 6) is -0.762. The van der Waals surface area contributed by atoms with Crippen LogP contribution in [0.25, 0.3) is 0 Å². The molecule has 0 heterocycles. The van der Waals surface area contributed by atoms with Gasteiger partial charge in [-0.15, -0.1) is 0 Å². The molecule has 1 aromatic rings. The van der Waals surface area contributed by atoms with Crippen molar-refractivity contribution in [1.82, 2.24) is 0 Å². The molecule has 0 aliphatic carbocycles. The van der Waals surface area contributed by atoms with Crippen LogP contribution in [-0.2, 0) is 9.90 Å². The lowest BCUT2D eigenvalue weighted by Gasteiger charge is -1.82. The zero-order valence-electron chi connectivity index (χ0n) is 6.15. The number of benzene rings is 1. The summed E-state index contributed by atoms with van der Waals surface area (Å²) in [7, 11) is 0. The summed E-state index contributed by atoms with van der Waals surface area (Å²) in [5, 5.41) is 17.5. The van der Waals surface area contributed by atoms with Gasteiger partial charge in [-0.25, -0.2) is 9.90 Å². The molecule has 3 heteroatoms. The quantitative estimate of drug-likeness (QED) is 0.611. The lowest BCUT2D eigenvalue weighted by atomic mass is 10.3. The van der Waals surface area contributed by atoms with Gasteiger partial charge in [0.15, 0.2) is 0 Å². The van der Waals surface area contributed by atoms with Crippen LogP contribution >= 0.6 is 0 Å². The van der Waals surface area contributed by atoms with Crippen LogP contribution in [0.3, 0.4) is 0 Å². The monoisotopic (exact) mass is 153 g/mol. The predicted molar refractivity (Wildman–Crippen MR) is 39.5 cm³/mol. The number of phenolic OH excluding ortho intramolecular Hbond substituents is 1. The van der Waals surface area contributed by atoms with Gasteiger partial charge in [-0.05, 0) is 12.1 Å². The lowest BCUT2D eigenvalue weighted by Crippen LogP contribution is -1.74. The van der Waals surface area contributed by atoms with Gasteiger partial charge in [0.25, 0.3) is 0 Å². The Morgan fingerprint density at radius 1 is 1.27 bits per heavy atom. The summed E-state index contributed by atoms with van der Waals surface area (Å²) >= 11 is 0. The Bertz CT molecular complexity index is 202. The number of para-hydroxylation sites is 1. The molecular weight excluding hydrogens is 144 g/mol. The van der Waals surface area contributed by atoms with E-state index >= 15 is 0 Å². The van der Waals surface area contributed by atoms with E-state index in [1.807, 2.05) is 6.07 Å². The van der Waals surface area contributed by atoms with E-state index in [1.165, 1.54) is 0 Å². The van der Waals surface area contributed by atoms with Gasteiger partial charge in [-0.1, -0.05) is 18.2 Å². The predicted octanol–water partition coefficient (Wildman–Crippen LogP) is 1.36. The fourth-order valence-corrected chi connectivity index (χ4v) is 0.428. The van der Waals surface area contributed by atoms with Crippen LogP contribution in [0.15, 0.2) is 30.3 Å². The third kappa shape index (κ3) is 8.49. The average Bonchev–Trinajstić information content (AvgIpc) is 1.87. The average molecular weight is 153 g/mol. The zero-order valence-corrected chi connectivity index (χ0v) is 6.15. The maximum Gasteiger partial charge on any atom is 0.352 e. The van der Waals surface area contributed by atoms with Crippen LogP contribution in [0, 0.1) is 0 Å². The van der Waals surface area contributed by atoms with E-state index in [9.17, 15) is 0 Å². The highest BCUT2D eigenvalue weighted by Gasteiger charge is 1.74. The Kier molecular flexibility index (Phi) is 4.56. The second-order valence-corrected chi connectivity index (χ2v) is 1.83. The molecule has 1 aromatic carbocycles. The number of carbonyl (C=O) groups excluding carboxylic acids is 1. The van der Waals surface area contributed by atoms with Gasteiger partial charge in [-0.2, -0.15) is 0 Å². The van der Waals surface area contributed by atoms with Gasteiger partial charge in [-0.3, -0.25) is 0 Å². The molecule has 11 heavy (non-hydrogen) atoms. The maximum atomic E-state index is 8.89. The summed E-state index contributed by atoms with van der Waals surface area (Å²) in [6.07, 6.45) is 0. The van der Waals surface area contributed by atoms with Crippen molar-refractivity contribution in [1.29, 1.82) is 0 Å². The first kappa shape index (κ1) is 9.49. The first-order valence-electron chi connectivity index (χ1n) is 3.04. The Hall–Kier alpha value is -1.51. The van der Waals surface area contributed by atoms with Crippen LogP contribution < -0.4 is 0 Å². The molecule has 1 N–H and O–H groups in total. The molecule has 0 bridgehead atoms. The zero-order chi connectivity index (χ0) is 8.69. The molecule has 59 valence electrons. The molecule has 0 aromatic heterocycles. The van der Waals surface area contributed by atoms with Crippen molar-refractivity contribution in [3.8, 4) is 5.75 Å². The summed E-state index contributed by atoms with van der Waals surface area (Å²) in [6, 6.07) is 8.71. The van der Waals surface area contributed by atoms with E-state index in [-0.39, 0.29) is 0 Å². The Morgan fingerprint density at radius 2 is 1.64 bits per heavy atom. The van der Waals surface area contributed by atoms with Crippen molar-refractivity contribution in [3.63, 3.8) is 0 Å². The number of carbonyl (C=O) groups is 1. The van der Waals surface area contributed by atoms with Crippen molar-refractivity contribution in [2.75, 3.05) is 0 Å². The van der Waals surface area contributed by atoms with Gasteiger partial charge >= 0.3 is 5.97 Å². The van der Waals surface area contributed by atoms with Gasteiger partial charge in [0.1, 0.15) is 5.75 Å². The van der Waals surface area contributed by atoms with E-state index in [2.05, 4.69) is 0 Å². The molecule has 0 fully saturated rings. The Labute approximate surface area is 64.9 Å². The van der Waals surface area contributed by atoms with Crippen LogP contribution in [0.2, 0.25) is 0 Å². The minimum Gasteiger partial charge on any atom is -0.508 e. The standard InChI is InChI=1S/C6H6O.C2H3O2/c7-6-4-2-1-3-5-6;1-2(3)4/h1-5,7H;1H3. The summed E-state index contributed by atoms with van der Waals surface area (Å²) < 4.78 is 0. The topological polar surface area (TPSA) is 57.2 Å². The van der Waals surface area contributed by atoms with Crippen molar-refractivity contribution < 1.29 is 15.0 Å². The SMILES string of the molecule is CC([O])=O.Oc1ccccc1. The highest BCUT2D eigenvalue weighted by atomic mass is 16.4. The van der Waals surface area contributed by atoms with Crippen LogP contribution in [-0.4, -0.2) is 11.1 Å². The Balaban J connectivity index is 0.000000218. The minimum atomic E-state index is -1.08. The van der Waals surface area contributed by atoms with Crippen LogP contribution in [0.1, 0.15) is 6.92 Å². The van der Waals surface area contributed by atoms with Crippen LogP contribution in [0.4, 0.5) is 0 Å². The largest absolute Gasteiger partial charge is 0.508 e. The van der Waals surface area contributed by atoms with Gasteiger partial charge in [0, 0.05) is 6.92 Å². The van der Waals surface area contributed by atoms with Crippen molar-refractivity contribution >= 4 is 5.97 Å². The molecule has 3 nitrogen and oxygen atoms in total. The molecule has 0 atom stereocenters. The second kappa shape index (κ2) is 5.29. The second-order valence-electron chi connectivity index (χ2n) is 1.83. The fraction of sp³-hybridized carbons (Fsp3) is 0.125. The molecule has 0 unspecified atom stereocenters. The minimum absolute atomic E-state index is 0.322. The van der Waals surface area contributed by atoms with E-state index in [1.54, 1.807) is 24.3 Å². The normalized spacial score (nSPS) is 7.73. The first-order chi connectivity index (χ1) is 5.13. The van der Waals surface area contributed by atoms with Crippen molar-refractivity contribution in [2.45, 2.75) is 6.92 Å². The molecule has 0 spiro atoms. The number of hydrogen-bond donors (Lipinski definition) is 1. The highest BCUT2D eigenvalue weighted by molar-refractivity contribution is 5.62. The molecule has 0 saturated heterocycles. The third-order valence-electron chi connectivity index (χ3n) is 0.756. The molecule has 0 amide bonds. The molecule has 1 rings (SSSR count). The van der Waals surface area contributed by atoms with Gasteiger partial charge in [0.05, 0.1) is 0 Å². The number of phenols is 1. The van der Waals surface area contributed by atoms with E-state index in [0.717, 1.165) is 6.92 Å². The third-order valence-corrected chi connectivity index (χ3v) is 0.756. The molecule has 1 radical (unpaired) electrons. The molecule has 0 aliphatic rings. The molecular formula is C8H9O3. The van der Waals surface area contributed by atoms with Crippen LogP contribution in [0.5, 0.6) is 5.75 Å². The number of rotatable bonds is 0. The first-order valence-corrected chi connectivity index (χ1v) is 3.04. The fourth-order valence-electron chi connectivity index (χ4n) is 0.428. The van der Waals surface area contributed by atoms with Crippen molar-refractivity contribution in [3.05, 3.63) is 30.3 Å². The smallest absolute Gasteiger partial charge is 0.352 e. The number of hydrogen-bond acceptors (Lipinski definition) is 2. The van der Waals surface area contributed by atoms with Gasteiger partial charge in [0.2, 0.25) is 0 Å². The molecule has 0 aliphatic heterocycles.